The number of aliphatic carboxylic acids is 1. The van der Waals surface area contributed by atoms with Gasteiger partial charge in [-0.15, -0.1) is 10.2 Å². The first-order valence-electron chi connectivity index (χ1n) is 4.28. The van der Waals surface area contributed by atoms with E-state index in [4.69, 9.17) is 5.11 Å². The molecule has 16 heavy (non-hydrogen) atoms. The van der Waals surface area contributed by atoms with E-state index in [1.54, 1.807) is 11.6 Å². The second kappa shape index (κ2) is 4.31. The number of hydrogen-bond acceptors (Lipinski definition) is 6. The van der Waals surface area contributed by atoms with Crippen LogP contribution in [0.5, 0.6) is 0 Å². The van der Waals surface area contributed by atoms with Crippen LogP contribution in [-0.4, -0.2) is 47.0 Å². The number of nitrogens with one attached hydrogen (secondary N) is 1. The molecule has 0 spiro atoms. The summed E-state index contributed by atoms with van der Waals surface area (Å²) < 4.78 is 1.67. The molecule has 0 amide bonds. The van der Waals surface area contributed by atoms with Gasteiger partial charge in [0.05, 0.1) is 11.9 Å². The number of nitrogens with zero attached hydrogens (tertiary/aromatic N) is 5. The number of carbonyl (C=O) groups is 1. The minimum atomic E-state index is -0.893. The summed E-state index contributed by atoms with van der Waals surface area (Å²) in [6, 6.07) is 0. The van der Waals surface area contributed by atoms with Crippen LogP contribution in [0, 0.1) is 0 Å². The van der Waals surface area contributed by atoms with Crippen LogP contribution in [0.2, 0.25) is 0 Å². The summed E-state index contributed by atoms with van der Waals surface area (Å²) in [5, 5.41) is 26.9. The van der Waals surface area contributed by atoms with Crippen molar-refractivity contribution in [3.8, 4) is 11.5 Å². The van der Waals surface area contributed by atoms with E-state index in [1.807, 2.05) is 0 Å². The van der Waals surface area contributed by atoms with Crippen molar-refractivity contribution in [2.45, 2.75) is 5.16 Å². The van der Waals surface area contributed by atoms with Gasteiger partial charge in [0.15, 0.2) is 11.0 Å². The Hall–Kier alpha value is -1.90. The molecule has 2 N–H and O–H groups in total. The first-order valence-corrected chi connectivity index (χ1v) is 5.27. The van der Waals surface area contributed by atoms with Crippen molar-refractivity contribution in [3.05, 3.63) is 6.20 Å². The van der Waals surface area contributed by atoms with Gasteiger partial charge in [0.1, 0.15) is 5.69 Å². The molecule has 0 aromatic carbocycles. The Morgan fingerprint density at radius 1 is 1.62 bits per heavy atom. The molecule has 8 nitrogen and oxygen atoms in total. The van der Waals surface area contributed by atoms with Gasteiger partial charge in [0.2, 0.25) is 0 Å². The number of aromatic amines is 1. The monoisotopic (exact) mass is 240 g/mol. The molecule has 9 heteroatoms. The molecule has 0 saturated heterocycles. The van der Waals surface area contributed by atoms with Crippen molar-refractivity contribution < 1.29 is 9.90 Å². The van der Waals surface area contributed by atoms with Gasteiger partial charge in [-0.2, -0.15) is 15.4 Å². The summed E-state index contributed by atoms with van der Waals surface area (Å²) in [5.41, 5.74) is 0.567. The fourth-order valence-corrected chi connectivity index (χ4v) is 1.73. The van der Waals surface area contributed by atoms with Gasteiger partial charge in [-0.25, -0.2) is 0 Å². The first kappa shape index (κ1) is 10.6. The van der Waals surface area contributed by atoms with Crippen molar-refractivity contribution in [2.75, 3.05) is 5.75 Å². The lowest BCUT2D eigenvalue weighted by molar-refractivity contribution is -0.133. The highest BCUT2D eigenvalue weighted by Crippen LogP contribution is 2.19. The maximum atomic E-state index is 10.4. The van der Waals surface area contributed by atoms with Crippen LogP contribution < -0.4 is 0 Å². The van der Waals surface area contributed by atoms with Crippen molar-refractivity contribution >= 4 is 17.7 Å². The Balaban J connectivity index is 2.21. The predicted molar refractivity (Wildman–Crippen MR) is 54.7 cm³/mol. The van der Waals surface area contributed by atoms with Crippen molar-refractivity contribution in [2.24, 2.45) is 7.05 Å². The quantitative estimate of drug-likeness (QED) is 0.710. The zero-order valence-electron chi connectivity index (χ0n) is 8.28. The summed E-state index contributed by atoms with van der Waals surface area (Å²) in [6.45, 7) is 0. The Bertz CT molecular complexity index is 493. The highest BCUT2D eigenvalue weighted by Gasteiger charge is 2.13. The molecule has 0 fully saturated rings. The smallest absolute Gasteiger partial charge is 0.313 e. The van der Waals surface area contributed by atoms with Crippen LogP contribution in [-0.2, 0) is 11.8 Å². The molecule has 2 aromatic heterocycles. The molecule has 84 valence electrons. The average Bonchev–Trinajstić information content (AvgIpc) is 2.84. The normalized spacial score (nSPS) is 10.6. The third kappa shape index (κ3) is 2.03. The van der Waals surface area contributed by atoms with E-state index in [2.05, 4.69) is 25.6 Å². The lowest BCUT2D eigenvalue weighted by Gasteiger charge is -1.99. The summed E-state index contributed by atoms with van der Waals surface area (Å²) in [7, 11) is 1.74. The highest BCUT2D eigenvalue weighted by molar-refractivity contribution is 7.99. The number of carboxylic acids is 1. The Morgan fingerprint density at radius 3 is 3.06 bits per heavy atom. The number of aromatic nitrogens is 6. The maximum absolute atomic E-state index is 10.4. The number of carboxylic acid groups (broad SMARTS) is 1. The van der Waals surface area contributed by atoms with E-state index in [9.17, 15) is 4.79 Å². The molecular weight excluding hydrogens is 232 g/mol. The van der Waals surface area contributed by atoms with Crippen molar-refractivity contribution in [1.29, 1.82) is 0 Å². The molecule has 0 radical (unpaired) electrons. The molecular formula is C7H8N6O2S. The fourth-order valence-electron chi connectivity index (χ4n) is 1.10. The minimum absolute atomic E-state index is 0.0508. The van der Waals surface area contributed by atoms with Gasteiger partial charge in [-0.1, -0.05) is 11.8 Å². The molecule has 0 aliphatic carbocycles. The fraction of sp³-hybridized carbons (Fsp3) is 0.286. The number of hydrogen-bond donors (Lipinski definition) is 2. The summed E-state index contributed by atoms with van der Waals surface area (Å²) in [6.07, 6.45) is 1.52. The molecule has 2 aromatic rings. The molecule has 0 saturated carbocycles. The van der Waals surface area contributed by atoms with Crippen LogP contribution >= 0.6 is 11.8 Å². The molecule has 0 unspecified atom stereocenters. The average molecular weight is 240 g/mol. The van der Waals surface area contributed by atoms with Crippen molar-refractivity contribution in [3.63, 3.8) is 0 Å². The van der Waals surface area contributed by atoms with Gasteiger partial charge in [0.25, 0.3) is 0 Å². The van der Waals surface area contributed by atoms with E-state index in [1.165, 1.54) is 6.20 Å². The van der Waals surface area contributed by atoms with Crippen LogP contribution in [0.3, 0.4) is 0 Å². The number of thioether (sulfide) groups is 1. The first-order chi connectivity index (χ1) is 7.68. The largest absolute Gasteiger partial charge is 0.481 e. The molecule has 2 rings (SSSR count). The van der Waals surface area contributed by atoms with Crippen molar-refractivity contribution in [1.82, 2.24) is 30.2 Å². The van der Waals surface area contributed by atoms with Crippen LogP contribution in [0.4, 0.5) is 0 Å². The van der Waals surface area contributed by atoms with E-state index in [0.29, 0.717) is 16.7 Å². The summed E-state index contributed by atoms with van der Waals surface area (Å²) in [5.74, 6) is -0.400. The van der Waals surface area contributed by atoms with E-state index in [0.717, 1.165) is 11.8 Å². The van der Waals surface area contributed by atoms with Gasteiger partial charge in [-0.05, 0) is 0 Å². The number of H-pyrrole nitrogens is 1. The van der Waals surface area contributed by atoms with Gasteiger partial charge in [0, 0.05) is 7.05 Å². The molecule has 2 heterocycles. The Labute approximate surface area is 94.1 Å². The minimum Gasteiger partial charge on any atom is -0.481 e. The third-order valence-corrected chi connectivity index (χ3v) is 2.81. The number of rotatable bonds is 4. The van der Waals surface area contributed by atoms with Crippen LogP contribution in [0.15, 0.2) is 11.4 Å². The third-order valence-electron chi connectivity index (χ3n) is 1.80. The van der Waals surface area contributed by atoms with E-state index >= 15 is 0 Å². The van der Waals surface area contributed by atoms with Gasteiger partial charge in [-0.3, -0.25) is 4.79 Å². The Morgan fingerprint density at radius 2 is 2.44 bits per heavy atom. The second-order valence-corrected chi connectivity index (χ2v) is 3.85. The standard InChI is InChI=1S/C7H8N6O2S/c1-13-6(4-2-8-12-9-4)10-11-7(13)16-3-5(14)15/h2H,3H2,1H3,(H,14,15)(H,8,9,12). The highest BCUT2D eigenvalue weighted by atomic mass is 32.2. The van der Waals surface area contributed by atoms with Gasteiger partial charge < -0.3 is 9.67 Å². The second-order valence-electron chi connectivity index (χ2n) is 2.90. The Kier molecular flexibility index (Phi) is 2.86. The van der Waals surface area contributed by atoms with E-state index in [-0.39, 0.29) is 5.75 Å². The predicted octanol–water partition coefficient (Wildman–Crippen LogP) is -0.223. The van der Waals surface area contributed by atoms with Crippen LogP contribution in [0.25, 0.3) is 11.5 Å². The van der Waals surface area contributed by atoms with E-state index < -0.39 is 5.97 Å². The maximum Gasteiger partial charge on any atom is 0.313 e. The molecule has 0 aliphatic heterocycles. The van der Waals surface area contributed by atoms with Gasteiger partial charge >= 0.3 is 5.97 Å². The SMILES string of the molecule is Cn1c(SCC(=O)O)nnc1-c1cn[nH]n1. The lowest BCUT2D eigenvalue weighted by atomic mass is 10.4. The zero-order chi connectivity index (χ0) is 11.5. The molecule has 0 atom stereocenters. The topological polar surface area (TPSA) is 110 Å². The molecule has 0 aliphatic rings. The summed E-state index contributed by atoms with van der Waals surface area (Å²) >= 11 is 1.10. The van der Waals surface area contributed by atoms with Crippen LogP contribution in [0.1, 0.15) is 0 Å². The lowest BCUT2D eigenvalue weighted by Crippen LogP contribution is -2.01. The summed E-state index contributed by atoms with van der Waals surface area (Å²) in [4.78, 5) is 10.4. The zero-order valence-corrected chi connectivity index (χ0v) is 9.10. The molecule has 0 bridgehead atoms.